The third kappa shape index (κ3) is 4.21. The molecule has 0 saturated carbocycles. The summed E-state index contributed by atoms with van der Waals surface area (Å²) in [5.41, 5.74) is 4.99. The number of pyridine rings is 1. The van der Waals surface area contributed by atoms with Gasteiger partial charge in [-0.05, 0) is 48.9 Å². The Balaban J connectivity index is 1.62. The Morgan fingerprint density at radius 2 is 1.81 bits per heavy atom. The van der Waals surface area contributed by atoms with Crippen LogP contribution in [0.25, 0.3) is 0 Å². The number of nitrogens with one attached hydrogen (secondary N) is 2. The molecular weight excluding hydrogens is 332 g/mol. The first kappa shape index (κ1) is 17.1. The summed E-state index contributed by atoms with van der Waals surface area (Å²) in [5.74, 6) is -0.466. The first-order valence-corrected chi connectivity index (χ1v) is 7.83. The van der Waals surface area contributed by atoms with E-state index in [0.717, 1.165) is 5.56 Å². The molecule has 0 bridgehead atoms. The summed E-state index contributed by atoms with van der Waals surface area (Å²) in [7, 11) is 0. The molecule has 7 nitrogen and oxygen atoms in total. The smallest absolute Gasteiger partial charge is 0.307 e. The lowest BCUT2D eigenvalue weighted by atomic mass is 10.1. The molecule has 0 atom stereocenters. The molecule has 2 heterocycles. The minimum absolute atomic E-state index is 0.190. The van der Waals surface area contributed by atoms with Gasteiger partial charge in [0.05, 0.1) is 17.5 Å². The summed E-state index contributed by atoms with van der Waals surface area (Å²) in [6, 6.07) is 13.7. The van der Waals surface area contributed by atoms with E-state index >= 15 is 0 Å². The van der Waals surface area contributed by atoms with Crippen LogP contribution in [0.4, 0.5) is 5.69 Å². The van der Waals surface area contributed by atoms with E-state index < -0.39 is 5.91 Å². The maximum Gasteiger partial charge on any atom is 0.307 e. The molecule has 0 aliphatic carbocycles. The summed E-state index contributed by atoms with van der Waals surface area (Å²) in [6.07, 6.45) is 4.53. The highest BCUT2D eigenvalue weighted by atomic mass is 16.3. The summed E-state index contributed by atoms with van der Waals surface area (Å²) in [4.78, 5) is 27.8. The van der Waals surface area contributed by atoms with Crippen molar-refractivity contribution in [1.82, 2.24) is 10.4 Å². The van der Waals surface area contributed by atoms with Crippen molar-refractivity contribution >= 4 is 23.2 Å². The largest absolute Gasteiger partial charge is 0.459 e. The quantitative estimate of drug-likeness (QED) is 0.547. The Morgan fingerprint density at radius 1 is 1.00 bits per heavy atom. The van der Waals surface area contributed by atoms with E-state index in [1.165, 1.54) is 12.5 Å². The molecule has 3 rings (SSSR count). The molecule has 0 fully saturated rings. The summed E-state index contributed by atoms with van der Waals surface area (Å²) >= 11 is 0. The SMILES string of the molecule is CC(=NNC(=O)c1ccco1)c1ccc(NC(=O)c2cccnc2)cc1. The van der Waals surface area contributed by atoms with Crippen molar-refractivity contribution in [3.05, 3.63) is 84.1 Å². The van der Waals surface area contributed by atoms with Crippen molar-refractivity contribution in [3.63, 3.8) is 0 Å². The first-order valence-electron chi connectivity index (χ1n) is 7.83. The molecule has 1 aromatic carbocycles. The van der Waals surface area contributed by atoms with Gasteiger partial charge in [-0.1, -0.05) is 12.1 Å². The number of aromatic nitrogens is 1. The van der Waals surface area contributed by atoms with Crippen LogP contribution in [0.3, 0.4) is 0 Å². The molecule has 0 spiro atoms. The molecule has 2 amide bonds. The van der Waals surface area contributed by atoms with Crippen molar-refractivity contribution in [1.29, 1.82) is 0 Å². The Hall–Kier alpha value is -3.74. The fraction of sp³-hybridized carbons (Fsp3) is 0.0526. The fourth-order valence-corrected chi connectivity index (χ4v) is 2.16. The number of anilines is 1. The topological polar surface area (TPSA) is 96.6 Å². The minimum atomic E-state index is -0.422. The molecule has 7 heteroatoms. The lowest BCUT2D eigenvalue weighted by molar-refractivity contribution is 0.0926. The Labute approximate surface area is 149 Å². The van der Waals surface area contributed by atoms with Crippen LogP contribution in [-0.2, 0) is 0 Å². The molecule has 0 aliphatic heterocycles. The molecule has 0 aliphatic rings. The van der Waals surface area contributed by atoms with Gasteiger partial charge >= 0.3 is 5.91 Å². The van der Waals surface area contributed by atoms with E-state index in [-0.39, 0.29) is 11.7 Å². The maximum absolute atomic E-state index is 12.1. The van der Waals surface area contributed by atoms with E-state index in [0.29, 0.717) is 17.0 Å². The Kier molecular flexibility index (Phi) is 5.19. The molecule has 0 saturated heterocycles. The van der Waals surface area contributed by atoms with E-state index in [1.54, 1.807) is 61.7 Å². The number of benzene rings is 1. The van der Waals surface area contributed by atoms with Gasteiger partial charge in [0, 0.05) is 18.1 Å². The van der Waals surface area contributed by atoms with Crippen LogP contribution >= 0.6 is 0 Å². The normalized spacial score (nSPS) is 11.0. The molecule has 0 radical (unpaired) electrons. The Bertz CT molecular complexity index is 917. The Morgan fingerprint density at radius 3 is 2.46 bits per heavy atom. The van der Waals surface area contributed by atoms with Gasteiger partial charge in [-0.3, -0.25) is 14.6 Å². The number of carbonyl (C=O) groups is 2. The third-order valence-corrected chi connectivity index (χ3v) is 3.55. The minimum Gasteiger partial charge on any atom is -0.459 e. The molecule has 2 N–H and O–H groups in total. The van der Waals surface area contributed by atoms with Crippen molar-refractivity contribution < 1.29 is 14.0 Å². The number of hydrogen-bond acceptors (Lipinski definition) is 5. The van der Waals surface area contributed by atoms with Crippen molar-refractivity contribution in [2.45, 2.75) is 6.92 Å². The van der Waals surface area contributed by atoms with Gasteiger partial charge in [0.25, 0.3) is 5.91 Å². The van der Waals surface area contributed by atoms with Crippen LogP contribution in [0.5, 0.6) is 0 Å². The van der Waals surface area contributed by atoms with Crippen LogP contribution < -0.4 is 10.7 Å². The van der Waals surface area contributed by atoms with Crippen molar-refractivity contribution in [3.8, 4) is 0 Å². The van der Waals surface area contributed by atoms with Crippen LogP contribution in [-0.4, -0.2) is 22.5 Å². The second kappa shape index (κ2) is 7.89. The lowest BCUT2D eigenvalue weighted by Gasteiger charge is -2.06. The monoisotopic (exact) mass is 348 g/mol. The number of nitrogens with zero attached hydrogens (tertiary/aromatic N) is 2. The van der Waals surface area contributed by atoms with Gasteiger partial charge < -0.3 is 9.73 Å². The van der Waals surface area contributed by atoms with Gasteiger partial charge in [0.15, 0.2) is 5.76 Å². The summed E-state index contributed by atoms with van der Waals surface area (Å²) in [6.45, 7) is 1.77. The highest BCUT2D eigenvalue weighted by Gasteiger charge is 2.08. The highest BCUT2D eigenvalue weighted by molar-refractivity contribution is 6.04. The van der Waals surface area contributed by atoms with Crippen LogP contribution in [0, 0.1) is 0 Å². The standard InChI is InChI=1S/C19H16N4O3/c1-13(22-23-19(25)17-5-3-11-26-17)14-6-8-16(9-7-14)21-18(24)15-4-2-10-20-12-15/h2-12H,1H3,(H,21,24)(H,23,25). The average Bonchev–Trinajstić information content (AvgIpc) is 3.22. The number of hydrogen-bond donors (Lipinski definition) is 2. The van der Waals surface area contributed by atoms with Gasteiger partial charge in [-0.25, -0.2) is 5.43 Å². The van der Waals surface area contributed by atoms with Crippen LogP contribution in [0.1, 0.15) is 33.4 Å². The zero-order chi connectivity index (χ0) is 18.4. The van der Waals surface area contributed by atoms with E-state index in [1.807, 2.05) is 0 Å². The number of carbonyl (C=O) groups excluding carboxylic acids is 2. The van der Waals surface area contributed by atoms with Gasteiger partial charge in [0.2, 0.25) is 0 Å². The van der Waals surface area contributed by atoms with E-state index in [4.69, 9.17) is 4.42 Å². The predicted octanol–water partition coefficient (Wildman–Crippen LogP) is 3.08. The summed E-state index contributed by atoms with van der Waals surface area (Å²) < 4.78 is 5.00. The third-order valence-electron chi connectivity index (χ3n) is 3.55. The van der Waals surface area contributed by atoms with Crippen molar-refractivity contribution in [2.75, 3.05) is 5.32 Å². The number of amides is 2. The fourth-order valence-electron chi connectivity index (χ4n) is 2.16. The first-order chi connectivity index (χ1) is 12.6. The second-order valence-electron chi connectivity index (χ2n) is 5.39. The molecule has 2 aromatic heterocycles. The highest BCUT2D eigenvalue weighted by Crippen LogP contribution is 2.12. The van der Waals surface area contributed by atoms with E-state index in [9.17, 15) is 9.59 Å². The van der Waals surface area contributed by atoms with Crippen molar-refractivity contribution in [2.24, 2.45) is 5.10 Å². The number of furan rings is 1. The van der Waals surface area contributed by atoms with Crippen LogP contribution in [0.15, 0.2) is 76.7 Å². The molecule has 130 valence electrons. The average molecular weight is 348 g/mol. The lowest BCUT2D eigenvalue weighted by Crippen LogP contribution is -2.18. The second-order valence-corrected chi connectivity index (χ2v) is 5.39. The molecule has 26 heavy (non-hydrogen) atoms. The van der Waals surface area contributed by atoms with Crippen LogP contribution in [0.2, 0.25) is 0 Å². The zero-order valence-electron chi connectivity index (χ0n) is 14.0. The molecule has 3 aromatic rings. The predicted molar refractivity (Wildman–Crippen MR) is 97.0 cm³/mol. The molecular formula is C19H16N4O3. The van der Waals surface area contributed by atoms with Gasteiger partial charge in [-0.2, -0.15) is 5.10 Å². The van der Waals surface area contributed by atoms with E-state index in [2.05, 4.69) is 20.8 Å². The van der Waals surface area contributed by atoms with Gasteiger partial charge in [-0.15, -0.1) is 0 Å². The zero-order valence-corrected chi connectivity index (χ0v) is 14.0. The number of hydrazone groups is 1. The summed E-state index contributed by atoms with van der Waals surface area (Å²) in [5, 5.41) is 6.84. The maximum atomic E-state index is 12.1. The van der Waals surface area contributed by atoms with Gasteiger partial charge in [0.1, 0.15) is 0 Å². The molecule has 0 unspecified atom stereocenters. The number of rotatable bonds is 5.